The molecule has 4 aliphatic heterocycles. The molecule has 360 valence electrons. The summed E-state index contributed by atoms with van der Waals surface area (Å²) in [5.41, 5.74) is 7.67. The number of benzene rings is 4. The number of aromatic hydroxyl groups is 2. The van der Waals surface area contributed by atoms with Crippen LogP contribution in [0.25, 0.3) is 43.1 Å². The molecule has 8 heterocycles. The van der Waals surface area contributed by atoms with Gasteiger partial charge < -0.3 is 29.5 Å². The molecule has 6 aliphatic rings. The standard InChI is InChI=1S/2C27H20FN3O4S/c2*28-15-5-6-16-19-8-12-36-26(19)18-4-2-1-3-17(18)23(20(16)13-15)31-22-14-35-11-10-29(22)27(34)24-25(33)21(32)7-9-30(24)31/h2*1-9,12-13,22-23,33H,10-11,14H2/t22-,23+;22-,23-/m11/s1. The average molecular weight is 1000 g/mol. The highest BCUT2D eigenvalue weighted by Gasteiger charge is 2.48. The Morgan fingerprint density at radius 2 is 0.931 bits per heavy atom. The highest BCUT2D eigenvalue weighted by Crippen LogP contribution is 2.52. The minimum Gasteiger partial charge on any atom is -0.502 e. The molecule has 2 N–H and O–H groups in total. The number of aromatic nitrogens is 2. The molecule has 18 heteroatoms. The van der Waals surface area contributed by atoms with Crippen molar-refractivity contribution in [2.75, 3.05) is 49.5 Å². The van der Waals surface area contributed by atoms with Crippen LogP contribution in [0.2, 0.25) is 0 Å². The predicted octanol–water partition coefficient (Wildman–Crippen LogP) is 7.88. The summed E-state index contributed by atoms with van der Waals surface area (Å²) >= 11 is 3.24. The number of thiophene rings is 2. The van der Waals surface area contributed by atoms with Crippen molar-refractivity contribution in [3.8, 4) is 54.6 Å². The van der Waals surface area contributed by atoms with Gasteiger partial charge in [0.25, 0.3) is 11.8 Å². The number of hydrogen-bond donors (Lipinski definition) is 2. The molecular formula is C54H40F2N6O8S2. The van der Waals surface area contributed by atoms with E-state index in [0.29, 0.717) is 26.3 Å². The zero-order chi connectivity index (χ0) is 49.1. The summed E-state index contributed by atoms with van der Waals surface area (Å²) in [7, 11) is 0. The van der Waals surface area contributed by atoms with E-state index in [9.17, 15) is 38.2 Å². The number of ether oxygens (including phenoxy) is 2. The molecule has 0 unspecified atom stereocenters. The lowest BCUT2D eigenvalue weighted by Crippen LogP contribution is -2.66. The van der Waals surface area contributed by atoms with Crippen molar-refractivity contribution in [2.45, 2.75) is 24.4 Å². The lowest BCUT2D eigenvalue weighted by atomic mass is 9.92. The van der Waals surface area contributed by atoms with Crippen molar-refractivity contribution in [1.82, 2.24) is 19.2 Å². The number of morpholine rings is 2. The van der Waals surface area contributed by atoms with E-state index in [2.05, 4.69) is 0 Å². The van der Waals surface area contributed by atoms with Gasteiger partial charge in [-0.25, -0.2) is 8.78 Å². The van der Waals surface area contributed by atoms with Crippen LogP contribution in [-0.2, 0) is 9.47 Å². The number of nitrogens with zero attached hydrogens (tertiary/aromatic N) is 6. The Bertz CT molecular complexity index is 3460. The molecule has 0 saturated carbocycles. The molecule has 4 aromatic carbocycles. The first-order valence-corrected chi connectivity index (χ1v) is 25.0. The zero-order valence-corrected chi connectivity index (χ0v) is 39.5. The average Bonchev–Trinajstić information content (AvgIpc) is 4.06. The van der Waals surface area contributed by atoms with Crippen LogP contribution in [0, 0.1) is 11.6 Å². The van der Waals surface area contributed by atoms with Crippen molar-refractivity contribution in [2.24, 2.45) is 0 Å². The van der Waals surface area contributed by atoms with Crippen molar-refractivity contribution in [3.05, 3.63) is 198 Å². The summed E-state index contributed by atoms with van der Waals surface area (Å²) in [5.74, 6) is -2.81. The fourth-order valence-corrected chi connectivity index (χ4v) is 13.2. The van der Waals surface area contributed by atoms with Crippen LogP contribution in [0.4, 0.5) is 8.78 Å². The van der Waals surface area contributed by atoms with Crippen LogP contribution >= 0.6 is 22.7 Å². The number of hydrogen-bond acceptors (Lipinski definition) is 12. The molecule has 2 fully saturated rings. The highest BCUT2D eigenvalue weighted by molar-refractivity contribution is 7.14. The monoisotopic (exact) mass is 1000 g/mol. The molecule has 8 aromatic rings. The number of amides is 2. The van der Waals surface area contributed by atoms with Gasteiger partial charge in [0.15, 0.2) is 22.9 Å². The van der Waals surface area contributed by atoms with Gasteiger partial charge in [-0.15, -0.1) is 22.7 Å². The summed E-state index contributed by atoms with van der Waals surface area (Å²) in [6.07, 6.45) is 1.93. The van der Waals surface area contributed by atoms with Gasteiger partial charge in [0.2, 0.25) is 10.9 Å². The second-order valence-electron chi connectivity index (χ2n) is 18.1. The van der Waals surface area contributed by atoms with Gasteiger partial charge in [-0.1, -0.05) is 60.7 Å². The lowest BCUT2D eigenvalue weighted by molar-refractivity contribution is -0.0197. The van der Waals surface area contributed by atoms with Gasteiger partial charge >= 0.3 is 0 Å². The van der Waals surface area contributed by atoms with Gasteiger partial charge in [0.1, 0.15) is 24.0 Å². The largest absolute Gasteiger partial charge is 0.502 e. The Morgan fingerprint density at radius 1 is 0.500 bits per heavy atom. The third-order valence-electron chi connectivity index (χ3n) is 14.4. The van der Waals surface area contributed by atoms with Gasteiger partial charge in [0, 0.05) is 58.5 Å². The SMILES string of the molecule is O=C1c2c(O)c(=O)ccn2N([C@@H]2c3cc(F)ccc3-c3ccsc3-c3ccccc32)[C@@H]2COCCN12.O=C1c2c(O)c(=O)ccn2N([C@H]2c3cc(F)ccc3-c3ccsc3-c3ccccc32)[C@@H]2COCCN12. The molecule has 0 radical (unpaired) electrons. The van der Waals surface area contributed by atoms with E-state index < -0.39 is 58.6 Å². The summed E-state index contributed by atoms with van der Waals surface area (Å²) in [6.45, 7) is 1.75. The highest BCUT2D eigenvalue weighted by atomic mass is 32.1. The molecule has 14 rings (SSSR count). The number of rotatable bonds is 2. The Hall–Kier alpha value is -7.90. The van der Waals surface area contributed by atoms with Crippen molar-refractivity contribution in [3.63, 3.8) is 0 Å². The third kappa shape index (κ3) is 6.55. The van der Waals surface area contributed by atoms with Crippen LogP contribution in [0.5, 0.6) is 11.5 Å². The molecule has 4 aromatic heterocycles. The van der Waals surface area contributed by atoms with Gasteiger partial charge in [-0.2, -0.15) is 0 Å². The number of halogens is 2. The second-order valence-corrected chi connectivity index (χ2v) is 19.9. The van der Waals surface area contributed by atoms with Crippen LogP contribution < -0.4 is 20.9 Å². The number of fused-ring (bicyclic) bond motifs is 14. The molecule has 2 amide bonds. The number of carbonyl (C=O) groups excluding carboxylic acids is 2. The van der Waals surface area contributed by atoms with E-state index in [1.165, 1.54) is 48.8 Å². The maximum atomic E-state index is 14.9. The molecule has 2 aliphatic carbocycles. The lowest BCUT2D eigenvalue weighted by Gasteiger charge is -2.51. The minimum atomic E-state index is -0.629. The molecule has 4 atom stereocenters. The van der Waals surface area contributed by atoms with E-state index in [0.717, 1.165) is 65.4 Å². The topological polar surface area (TPSA) is 150 Å². The van der Waals surface area contributed by atoms with Crippen molar-refractivity contribution >= 4 is 34.5 Å². The normalized spacial score (nSPS) is 20.1. The van der Waals surface area contributed by atoms with Crippen LogP contribution in [0.1, 0.15) is 55.3 Å². The first-order valence-electron chi connectivity index (χ1n) is 23.3. The van der Waals surface area contributed by atoms with Gasteiger partial charge in [0.05, 0.1) is 38.5 Å². The van der Waals surface area contributed by atoms with E-state index in [1.807, 2.05) is 81.4 Å². The van der Waals surface area contributed by atoms with E-state index in [4.69, 9.17) is 9.47 Å². The van der Waals surface area contributed by atoms with Crippen LogP contribution in [0.3, 0.4) is 0 Å². The maximum absolute atomic E-state index is 14.9. The van der Waals surface area contributed by atoms with Crippen molar-refractivity contribution in [1.29, 1.82) is 0 Å². The fraction of sp³-hybridized carbons (Fsp3) is 0.185. The quantitative estimate of drug-likeness (QED) is 0.175. The molecule has 0 spiro atoms. The summed E-state index contributed by atoms with van der Waals surface area (Å²) in [6, 6.07) is 31.0. The molecular weight excluding hydrogens is 963 g/mol. The predicted molar refractivity (Wildman–Crippen MR) is 266 cm³/mol. The summed E-state index contributed by atoms with van der Waals surface area (Å²) < 4.78 is 44.4. The first-order chi connectivity index (χ1) is 35.1. The Morgan fingerprint density at radius 3 is 1.38 bits per heavy atom. The van der Waals surface area contributed by atoms with Crippen molar-refractivity contribution < 1.29 is 38.1 Å². The van der Waals surface area contributed by atoms with Gasteiger partial charge in [-0.3, -0.25) is 38.5 Å². The third-order valence-corrected chi connectivity index (χ3v) is 16.3. The van der Waals surface area contributed by atoms with Crippen LogP contribution in [-0.4, -0.2) is 93.0 Å². The maximum Gasteiger partial charge on any atom is 0.278 e. The fourth-order valence-electron chi connectivity index (χ4n) is 11.3. The Kier molecular flexibility index (Phi) is 10.3. The smallest absolute Gasteiger partial charge is 0.278 e. The summed E-state index contributed by atoms with van der Waals surface area (Å²) in [4.78, 5) is 57.1. The molecule has 14 nitrogen and oxygen atoms in total. The van der Waals surface area contributed by atoms with E-state index in [-0.39, 0.29) is 36.2 Å². The Balaban J connectivity index is 0.000000140. The first kappa shape index (κ1) is 44.1. The van der Waals surface area contributed by atoms with E-state index in [1.54, 1.807) is 54.0 Å². The second kappa shape index (κ2) is 16.9. The zero-order valence-electron chi connectivity index (χ0n) is 37.9. The minimum absolute atomic E-state index is 0.102. The molecule has 0 bridgehead atoms. The van der Waals surface area contributed by atoms with Gasteiger partial charge in [-0.05, 0) is 91.7 Å². The number of carbonyl (C=O) groups is 2. The summed E-state index contributed by atoms with van der Waals surface area (Å²) in [5, 5.41) is 29.4. The molecule has 2 saturated heterocycles. The number of pyridine rings is 2. The molecule has 72 heavy (non-hydrogen) atoms. The Labute approximate surface area is 416 Å². The van der Waals surface area contributed by atoms with Crippen LogP contribution in [0.15, 0.2) is 142 Å². The van der Waals surface area contributed by atoms with E-state index >= 15 is 0 Å².